The molecule has 0 spiro atoms. The molecular formula is C15H19N3O2. The summed E-state index contributed by atoms with van der Waals surface area (Å²) < 4.78 is 5.41. The summed E-state index contributed by atoms with van der Waals surface area (Å²) >= 11 is 0. The monoisotopic (exact) mass is 273 g/mol. The molecule has 0 aliphatic carbocycles. The van der Waals surface area contributed by atoms with Gasteiger partial charge in [0.1, 0.15) is 6.26 Å². The maximum Gasteiger partial charge on any atom is 0.243 e. The summed E-state index contributed by atoms with van der Waals surface area (Å²) in [6, 6.07) is 5.58. The lowest BCUT2D eigenvalue weighted by Crippen LogP contribution is -2.45. The summed E-state index contributed by atoms with van der Waals surface area (Å²) in [5.41, 5.74) is 8.21. The Morgan fingerprint density at radius 2 is 2.05 bits per heavy atom. The number of hydrogen-bond acceptors (Lipinski definition) is 4. The molecule has 0 saturated heterocycles. The molecule has 2 rings (SSSR count). The number of oxazole rings is 1. The van der Waals surface area contributed by atoms with E-state index in [4.69, 9.17) is 10.2 Å². The number of nitrogens with one attached hydrogen (secondary N) is 1. The Balaban J connectivity index is 2.32. The Labute approximate surface area is 118 Å². The zero-order chi connectivity index (χ0) is 14.9. The van der Waals surface area contributed by atoms with Crippen molar-refractivity contribution in [2.75, 3.05) is 5.32 Å². The molecule has 0 radical (unpaired) electrons. The fourth-order valence-corrected chi connectivity index (χ4v) is 1.70. The summed E-state index contributed by atoms with van der Waals surface area (Å²) in [7, 11) is 0. The molecule has 2 aromatic rings. The molecule has 1 aromatic carbocycles. The summed E-state index contributed by atoms with van der Waals surface area (Å²) in [4.78, 5) is 16.2. The van der Waals surface area contributed by atoms with Crippen molar-refractivity contribution in [1.29, 1.82) is 0 Å². The highest BCUT2D eigenvalue weighted by Gasteiger charge is 2.22. The number of hydrogen-bond donors (Lipinski definition) is 2. The molecular weight excluding hydrogens is 254 g/mol. The molecule has 1 heterocycles. The zero-order valence-electron chi connectivity index (χ0n) is 12.2. The van der Waals surface area contributed by atoms with Crippen LogP contribution >= 0.6 is 0 Å². The van der Waals surface area contributed by atoms with Gasteiger partial charge < -0.3 is 15.5 Å². The number of carbonyl (C=O) groups excluding carboxylic acids is 1. The molecule has 106 valence electrons. The minimum absolute atomic E-state index is 0.240. The Morgan fingerprint density at radius 1 is 1.35 bits per heavy atom. The number of aromatic nitrogens is 1. The van der Waals surface area contributed by atoms with Crippen LogP contribution in [0.15, 0.2) is 28.9 Å². The van der Waals surface area contributed by atoms with E-state index in [1.165, 1.54) is 0 Å². The van der Waals surface area contributed by atoms with Crippen molar-refractivity contribution in [1.82, 2.24) is 4.98 Å². The van der Waals surface area contributed by atoms with Gasteiger partial charge in [0.25, 0.3) is 0 Å². The van der Waals surface area contributed by atoms with Gasteiger partial charge in [-0.05, 0) is 45.4 Å². The molecule has 0 bridgehead atoms. The van der Waals surface area contributed by atoms with E-state index in [2.05, 4.69) is 10.3 Å². The first-order chi connectivity index (χ1) is 9.27. The van der Waals surface area contributed by atoms with Crippen LogP contribution < -0.4 is 11.1 Å². The SMILES string of the molecule is Cc1coc(-c2cc(NC(=O)C(C)(C)N)ccc2C)n1. The van der Waals surface area contributed by atoms with Gasteiger partial charge in [-0.3, -0.25) is 4.79 Å². The molecule has 5 heteroatoms. The third kappa shape index (κ3) is 3.05. The van der Waals surface area contributed by atoms with Crippen molar-refractivity contribution >= 4 is 11.6 Å². The third-order valence-electron chi connectivity index (χ3n) is 2.93. The fourth-order valence-electron chi connectivity index (χ4n) is 1.70. The maximum atomic E-state index is 11.9. The second kappa shape index (κ2) is 5.09. The minimum Gasteiger partial charge on any atom is -0.444 e. The van der Waals surface area contributed by atoms with Gasteiger partial charge in [-0.25, -0.2) is 4.98 Å². The zero-order valence-corrected chi connectivity index (χ0v) is 12.2. The average Bonchev–Trinajstić information content (AvgIpc) is 2.77. The number of amides is 1. The molecule has 1 aromatic heterocycles. The molecule has 0 unspecified atom stereocenters. The topological polar surface area (TPSA) is 81.2 Å². The van der Waals surface area contributed by atoms with Gasteiger partial charge in [0.2, 0.25) is 11.8 Å². The van der Waals surface area contributed by atoms with Crippen molar-refractivity contribution < 1.29 is 9.21 Å². The van der Waals surface area contributed by atoms with E-state index < -0.39 is 5.54 Å². The highest BCUT2D eigenvalue weighted by atomic mass is 16.3. The molecule has 0 aliphatic rings. The van der Waals surface area contributed by atoms with E-state index in [0.717, 1.165) is 16.8 Å². The predicted molar refractivity (Wildman–Crippen MR) is 78.3 cm³/mol. The van der Waals surface area contributed by atoms with Crippen molar-refractivity contribution in [3.63, 3.8) is 0 Å². The smallest absolute Gasteiger partial charge is 0.243 e. The van der Waals surface area contributed by atoms with Crippen LogP contribution in [0.1, 0.15) is 25.1 Å². The number of benzene rings is 1. The Bertz CT molecular complexity index is 639. The van der Waals surface area contributed by atoms with Gasteiger partial charge in [0.15, 0.2) is 0 Å². The quantitative estimate of drug-likeness (QED) is 0.900. The summed E-state index contributed by atoms with van der Waals surface area (Å²) in [5.74, 6) is 0.305. The summed E-state index contributed by atoms with van der Waals surface area (Å²) in [6.45, 7) is 7.15. The molecule has 0 aliphatic heterocycles. The predicted octanol–water partition coefficient (Wildman–Crippen LogP) is 2.63. The van der Waals surface area contributed by atoms with E-state index in [1.807, 2.05) is 32.0 Å². The first-order valence-corrected chi connectivity index (χ1v) is 6.41. The molecule has 0 fully saturated rings. The lowest BCUT2D eigenvalue weighted by Gasteiger charge is -2.18. The number of aryl methyl sites for hydroxylation is 2. The number of nitrogens with two attached hydrogens (primary N) is 1. The van der Waals surface area contributed by atoms with Crippen LogP contribution in [-0.4, -0.2) is 16.4 Å². The number of rotatable bonds is 3. The van der Waals surface area contributed by atoms with Crippen LogP contribution in [0.25, 0.3) is 11.5 Å². The Kier molecular flexibility index (Phi) is 3.63. The number of carbonyl (C=O) groups is 1. The van der Waals surface area contributed by atoms with Crippen molar-refractivity contribution in [3.8, 4) is 11.5 Å². The number of nitrogens with zero attached hydrogens (tertiary/aromatic N) is 1. The van der Waals surface area contributed by atoms with Gasteiger partial charge in [-0.1, -0.05) is 6.07 Å². The average molecular weight is 273 g/mol. The van der Waals surface area contributed by atoms with E-state index >= 15 is 0 Å². The van der Waals surface area contributed by atoms with E-state index in [0.29, 0.717) is 11.6 Å². The van der Waals surface area contributed by atoms with Crippen molar-refractivity contribution in [3.05, 3.63) is 35.7 Å². The molecule has 0 atom stereocenters. The van der Waals surface area contributed by atoms with Gasteiger partial charge in [0, 0.05) is 11.3 Å². The van der Waals surface area contributed by atoms with E-state index in [1.54, 1.807) is 20.1 Å². The van der Waals surface area contributed by atoms with Crippen LogP contribution in [0.3, 0.4) is 0 Å². The lowest BCUT2D eigenvalue weighted by atomic mass is 10.0. The van der Waals surface area contributed by atoms with Gasteiger partial charge >= 0.3 is 0 Å². The van der Waals surface area contributed by atoms with Crippen molar-refractivity contribution in [2.24, 2.45) is 5.73 Å². The van der Waals surface area contributed by atoms with Crippen LogP contribution in [0.4, 0.5) is 5.69 Å². The lowest BCUT2D eigenvalue weighted by molar-refractivity contribution is -0.120. The van der Waals surface area contributed by atoms with Crippen LogP contribution in [-0.2, 0) is 4.79 Å². The minimum atomic E-state index is -0.926. The second-order valence-corrected chi connectivity index (χ2v) is 5.50. The standard InChI is InChI=1S/C15H19N3O2/c1-9-5-6-11(18-14(19)15(3,4)16)7-12(9)13-17-10(2)8-20-13/h5-8H,16H2,1-4H3,(H,18,19). The van der Waals surface area contributed by atoms with Crippen LogP contribution in [0.2, 0.25) is 0 Å². The van der Waals surface area contributed by atoms with Gasteiger partial charge in [-0.2, -0.15) is 0 Å². The molecule has 1 amide bonds. The summed E-state index contributed by atoms with van der Waals surface area (Å²) in [5, 5.41) is 2.79. The van der Waals surface area contributed by atoms with E-state index in [-0.39, 0.29) is 5.91 Å². The highest BCUT2D eigenvalue weighted by Crippen LogP contribution is 2.26. The molecule has 0 saturated carbocycles. The van der Waals surface area contributed by atoms with Crippen LogP contribution in [0, 0.1) is 13.8 Å². The van der Waals surface area contributed by atoms with Gasteiger partial charge in [0.05, 0.1) is 11.2 Å². The largest absolute Gasteiger partial charge is 0.444 e. The molecule has 5 nitrogen and oxygen atoms in total. The Morgan fingerprint density at radius 3 is 2.60 bits per heavy atom. The molecule has 3 N–H and O–H groups in total. The highest BCUT2D eigenvalue weighted by molar-refractivity contribution is 5.97. The van der Waals surface area contributed by atoms with Crippen molar-refractivity contribution in [2.45, 2.75) is 33.2 Å². The number of anilines is 1. The van der Waals surface area contributed by atoms with Gasteiger partial charge in [-0.15, -0.1) is 0 Å². The van der Waals surface area contributed by atoms with E-state index in [9.17, 15) is 4.79 Å². The Hall–Kier alpha value is -2.14. The summed E-state index contributed by atoms with van der Waals surface area (Å²) in [6.07, 6.45) is 1.60. The van der Waals surface area contributed by atoms with Crippen LogP contribution in [0.5, 0.6) is 0 Å². The fraction of sp³-hybridized carbons (Fsp3) is 0.333. The first kappa shape index (κ1) is 14.3. The third-order valence-corrected chi connectivity index (χ3v) is 2.93. The maximum absolute atomic E-state index is 11.9. The normalized spacial score (nSPS) is 11.4. The second-order valence-electron chi connectivity index (χ2n) is 5.50. The molecule has 20 heavy (non-hydrogen) atoms. The first-order valence-electron chi connectivity index (χ1n) is 6.41.